The first-order valence-electron chi connectivity index (χ1n) is 6.40. The van der Waals surface area contributed by atoms with Crippen LogP contribution < -0.4 is 5.32 Å². The molecule has 1 N–H and O–H groups in total. The Hall–Kier alpha value is -0.760. The molecule has 3 unspecified atom stereocenters. The molecule has 1 aromatic rings. The first-order chi connectivity index (χ1) is 7.58. The number of nitrogens with one attached hydrogen (secondary N) is 1. The molecular formula is C14H23NO. The second kappa shape index (κ2) is 4.62. The molecule has 0 aliphatic heterocycles. The lowest BCUT2D eigenvalue weighted by Crippen LogP contribution is -2.29. The van der Waals surface area contributed by atoms with E-state index in [9.17, 15) is 0 Å². The first kappa shape index (κ1) is 11.7. The van der Waals surface area contributed by atoms with Gasteiger partial charge in [-0.05, 0) is 37.3 Å². The van der Waals surface area contributed by atoms with Gasteiger partial charge in [0.1, 0.15) is 11.5 Å². The standard InChI is InChI=1S/C14H23NO/c1-9(2)11(4)15-8-12-5-6-14(16-12)13-7-10(13)3/h5-6,9-11,13,15H,7-8H2,1-4H3. The average Bonchev–Trinajstić information content (AvgIpc) is 2.80. The van der Waals surface area contributed by atoms with Crippen molar-refractivity contribution in [3.05, 3.63) is 23.7 Å². The third-order valence-electron chi connectivity index (χ3n) is 3.76. The lowest BCUT2D eigenvalue weighted by molar-refractivity contribution is 0.386. The van der Waals surface area contributed by atoms with E-state index < -0.39 is 0 Å². The average molecular weight is 221 g/mol. The summed E-state index contributed by atoms with van der Waals surface area (Å²) in [6.07, 6.45) is 1.29. The SMILES string of the molecule is CC(C)C(C)NCc1ccc(C2CC2C)o1. The summed E-state index contributed by atoms with van der Waals surface area (Å²) in [7, 11) is 0. The van der Waals surface area contributed by atoms with Crippen LogP contribution in [0.2, 0.25) is 0 Å². The highest BCUT2D eigenvalue weighted by atomic mass is 16.3. The van der Waals surface area contributed by atoms with Crippen LogP contribution in [0.15, 0.2) is 16.5 Å². The number of furan rings is 1. The summed E-state index contributed by atoms with van der Waals surface area (Å²) in [4.78, 5) is 0. The van der Waals surface area contributed by atoms with Gasteiger partial charge in [-0.2, -0.15) is 0 Å². The van der Waals surface area contributed by atoms with E-state index in [2.05, 4.69) is 45.1 Å². The van der Waals surface area contributed by atoms with Crippen LogP contribution in [0.5, 0.6) is 0 Å². The zero-order valence-electron chi connectivity index (χ0n) is 10.8. The van der Waals surface area contributed by atoms with Crippen molar-refractivity contribution in [1.82, 2.24) is 5.32 Å². The molecule has 2 nitrogen and oxygen atoms in total. The summed E-state index contributed by atoms with van der Waals surface area (Å²) in [6, 6.07) is 4.79. The molecule has 90 valence electrons. The fourth-order valence-electron chi connectivity index (χ4n) is 1.90. The molecule has 2 heteroatoms. The Morgan fingerprint density at radius 1 is 1.38 bits per heavy atom. The van der Waals surface area contributed by atoms with E-state index >= 15 is 0 Å². The molecule has 1 aliphatic carbocycles. The van der Waals surface area contributed by atoms with E-state index in [1.807, 2.05) is 0 Å². The molecule has 1 saturated carbocycles. The van der Waals surface area contributed by atoms with Crippen molar-refractivity contribution in [1.29, 1.82) is 0 Å². The highest BCUT2D eigenvalue weighted by Crippen LogP contribution is 2.47. The Bertz CT molecular complexity index is 342. The van der Waals surface area contributed by atoms with Crippen LogP contribution in [0.1, 0.15) is 51.6 Å². The highest BCUT2D eigenvalue weighted by Gasteiger charge is 2.36. The van der Waals surface area contributed by atoms with Gasteiger partial charge in [0.25, 0.3) is 0 Å². The summed E-state index contributed by atoms with van der Waals surface area (Å²) in [5.74, 6) is 4.43. The lowest BCUT2D eigenvalue weighted by Gasteiger charge is -2.16. The summed E-state index contributed by atoms with van der Waals surface area (Å²) >= 11 is 0. The third kappa shape index (κ3) is 2.67. The monoisotopic (exact) mass is 221 g/mol. The van der Waals surface area contributed by atoms with E-state index in [0.29, 0.717) is 17.9 Å². The molecule has 1 heterocycles. The van der Waals surface area contributed by atoms with Gasteiger partial charge < -0.3 is 9.73 Å². The van der Waals surface area contributed by atoms with Gasteiger partial charge in [-0.3, -0.25) is 0 Å². The van der Waals surface area contributed by atoms with Crippen molar-refractivity contribution in [3.8, 4) is 0 Å². The lowest BCUT2D eigenvalue weighted by atomic mass is 10.1. The van der Waals surface area contributed by atoms with Gasteiger partial charge in [-0.25, -0.2) is 0 Å². The van der Waals surface area contributed by atoms with E-state index in [0.717, 1.165) is 18.2 Å². The minimum Gasteiger partial charge on any atom is -0.464 e. The molecule has 0 aromatic carbocycles. The maximum absolute atomic E-state index is 5.85. The smallest absolute Gasteiger partial charge is 0.117 e. The maximum atomic E-state index is 5.85. The fraction of sp³-hybridized carbons (Fsp3) is 0.714. The van der Waals surface area contributed by atoms with Crippen molar-refractivity contribution >= 4 is 0 Å². The Balaban J connectivity index is 1.83. The van der Waals surface area contributed by atoms with Crippen LogP contribution in [-0.4, -0.2) is 6.04 Å². The van der Waals surface area contributed by atoms with Gasteiger partial charge >= 0.3 is 0 Å². The first-order valence-corrected chi connectivity index (χ1v) is 6.40. The molecule has 1 aliphatic rings. The van der Waals surface area contributed by atoms with Gasteiger partial charge in [0.2, 0.25) is 0 Å². The minimum atomic E-state index is 0.536. The highest BCUT2D eigenvalue weighted by molar-refractivity contribution is 5.17. The molecule has 1 fully saturated rings. The quantitative estimate of drug-likeness (QED) is 0.822. The van der Waals surface area contributed by atoms with Crippen LogP contribution in [0, 0.1) is 11.8 Å². The maximum Gasteiger partial charge on any atom is 0.117 e. The molecule has 0 bridgehead atoms. The van der Waals surface area contributed by atoms with E-state index in [1.54, 1.807) is 0 Å². The fourth-order valence-corrected chi connectivity index (χ4v) is 1.90. The number of hydrogen-bond donors (Lipinski definition) is 1. The van der Waals surface area contributed by atoms with Gasteiger partial charge in [0.15, 0.2) is 0 Å². The third-order valence-corrected chi connectivity index (χ3v) is 3.76. The second-order valence-corrected chi connectivity index (χ2v) is 5.54. The molecule has 3 atom stereocenters. The molecule has 1 aromatic heterocycles. The van der Waals surface area contributed by atoms with Crippen molar-refractivity contribution in [2.45, 2.75) is 52.6 Å². The van der Waals surface area contributed by atoms with Gasteiger partial charge in [-0.15, -0.1) is 0 Å². The van der Waals surface area contributed by atoms with Gasteiger partial charge in [0.05, 0.1) is 6.54 Å². The van der Waals surface area contributed by atoms with Crippen LogP contribution in [-0.2, 0) is 6.54 Å². The molecule has 0 radical (unpaired) electrons. The topological polar surface area (TPSA) is 25.2 Å². The van der Waals surface area contributed by atoms with E-state index in [-0.39, 0.29) is 0 Å². The minimum absolute atomic E-state index is 0.536. The van der Waals surface area contributed by atoms with Crippen LogP contribution in [0.3, 0.4) is 0 Å². The zero-order valence-corrected chi connectivity index (χ0v) is 10.8. The molecule has 16 heavy (non-hydrogen) atoms. The summed E-state index contributed by atoms with van der Waals surface area (Å²) in [5, 5.41) is 3.49. The van der Waals surface area contributed by atoms with E-state index in [4.69, 9.17) is 4.42 Å². The Morgan fingerprint density at radius 2 is 2.06 bits per heavy atom. The largest absolute Gasteiger partial charge is 0.464 e. The van der Waals surface area contributed by atoms with Crippen LogP contribution >= 0.6 is 0 Å². The molecular weight excluding hydrogens is 198 g/mol. The number of hydrogen-bond acceptors (Lipinski definition) is 2. The molecule has 2 rings (SSSR count). The Labute approximate surface area is 98.4 Å². The Morgan fingerprint density at radius 3 is 2.62 bits per heavy atom. The Kier molecular flexibility index (Phi) is 3.38. The van der Waals surface area contributed by atoms with Crippen molar-refractivity contribution in [2.75, 3.05) is 0 Å². The normalized spacial score (nSPS) is 26.1. The van der Waals surface area contributed by atoms with Crippen LogP contribution in [0.4, 0.5) is 0 Å². The summed E-state index contributed by atoms with van der Waals surface area (Å²) in [6.45, 7) is 9.82. The summed E-state index contributed by atoms with van der Waals surface area (Å²) < 4.78 is 5.85. The van der Waals surface area contributed by atoms with Crippen molar-refractivity contribution in [2.24, 2.45) is 11.8 Å². The van der Waals surface area contributed by atoms with Crippen LogP contribution in [0.25, 0.3) is 0 Å². The predicted octanol–water partition coefficient (Wildman–Crippen LogP) is 3.54. The van der Waals surface area contributed by atoms with Gasteiger partial charge in [-0.1, -0.05) is 20.8 Å². The number of rotatable bonds is 5. The molecule has 0 spiro atoms. The zero-order chi connectivity index (χ0) is 11.7. The molecule has 0 amide bonds. The second-order valence-electron chi connectivity index (χ2n) is 5.54. The predicted molar refractivity (Wildman–Crippen MR) is 66.4 cm³/mol. The van der Waals surface area contributed by atoms with Gasteiger partial charge in [0, 0.05) is 12.0 Å². The summed E-state index contributed by atoms with van der Waals surface area (Å²) in [5.41, 5.74) is 0. The molecule has 0 saturated heterocycles. The van der Waals surface area contributed by atoms with Crippen molar-refractivity contribution in [3.63, 3.8) is 0 Å². The van der Waals surface area contributed by atoms with Crippen molar-refractivity contribution < 1.29 is 4.42 Å². The van der Waals surface area contributed by atoms with E-state index in [1.165, 1.54) is 12.2 Å².